The van der Waals surface area contributed by atoms with E-state index in [0.29, 0.717) is 11.3 Å². The molecule has 1 heterocycles. The average molecular weight is 337 g/mol. The Hall–Kier alpha value is -2.15. The van der Waals surface area contributed by atoms with E-state index < -0.39 is 11.9 Å². The molecule has 23 heavy (non-hydrogen) atoms. The minimum atomic E-state index is -0.528. The number of methoxy groups -OCH3 is 1. The molecule has 1 aromatic carbocycles. The van der Waals surface area contributed by atoms with Crippen LogP contribution >= 0.6 is 11.3 Å². The van der Waals surface area contributed by atoms with Gasteiger partial charge in [-0.3, -0.25) is 0 Å². The largest absolute Gasteiger partial charge is 0.496 e. The second-order valence-electron chi connectivity index (χ2n) is 5.03. The monoisotopic (exact) mass is 337 g/mol. The molecule has 2 N–H and O–H groups in total. The Morgan fingerprint density at radius 1 is 1.43 bits per heavy atom. The van der Waals surface area contributed by atoms with Gasteiger partial charge in [0.15, 0.2) is 0 Å². The summed E-state index contributed by atoms with van der Waals surface area (Å²) in [5.74, 6) is -0.00567. The third-order valence-corrected chi connectivity index (χ3v) is 4.37. The molecule has 2 aromatic rings. The molecule has 0 saturated heterocycles. The predicted molar refractivity (Wildman–Crippen MR) is 88.2 cm³/mol. The van der Waals surface area contributed by atoms with E-state index in [1.54, 1.807) is 25.3 Å². The predicted octanol–water partition coefficient (Wildman–Crippen LogP) is 3.80. The minimum Gasteiger partial charge on any atom is -0.496 e. The van der Waals surface area contributed by atoms with Crippen LogP contribution in [0.5, 0.6) is 5.75 Å². The Morgan fingerprint density at radius 3 is 2.83 bits per heavy atom. The number of amides is 2. The Balaban J connectivity index is 2.05. The second-order valence-corrected chi connectivity index (χ2v) is 5.95. The zero-order valence-electron chi connectivity index (χ0n) is 13.3. The lowest BCUT2D eigenvalue weighted by Gasteiger charge is -2.20. The number of hydrogen-bond acceptors (Lipinski definition) is 4. The van der Waals surface area contributed by atoms with Crippen molar-refractivity contribution in [3.05, 3.63) is 46.2 Å². The van der Waals surface area contributed by atoms with Gasteiger partial charge < -0.3 is 15.4 Å². The van der Waals surface area contributed by atoms with Gasteiger partial charge >= 0.3 is 6.03 Å². The number of urea groups is 1. The van der Waals surface area contributed by atoms with Gasteiger partial charge in [0, 0.05) is 11.6 Å². The molecule has 124 valence electrons. The first-order chi connectivity index (χ1) is 11.1. The molecule has 2 amide bonds. The zero-order chi connectivity index (χ0) is 16.8. The number of carbonyl (C=O) groups is 1. The fourth-order valence-electron chi connectivity index (χ4n) is 2.33. The summed E-state index contributed by atoms with van der Waals surface area (Å²) in [5.41, 5.74) is 0.326. The third-order valence-electron chi connectivity index (χ3n) is 3.48. The van der Waals surface area contributed by atoms with Crippen LogP contribution in [0.2, 0.25) is 0 Å². The number of halogens is 1. The topological polar surface area (TPSA) is 63.2 Å². The summed E-state index contributed by atoms with van der Waals surface area (Å²) in [6.07, 6.45) is 2.42. The van der Waals surface area contributed by atoms with Crippen molar-refractivity contribution in [2.45, 2.75) is 32.4 Å². The van der Waals surface area contributed by atoms with Crippen molar-refractivity contribution in [1.82, 2.24) is 15.6 Å². The van der Waals surface area contributed by atoms with Crippen LogP contribution in [0.4, 0.5) is 9.18 Å². The maximum absolute atomic E-state index is 14.0. The molecule has 0 unspecified atom stereocenters. The number of thiazole rings is 1. The molecule has 0 aliphatic carbocycles. The van der Waals surface area contributed by atoms with Gasteiger partial charge in [-0.05, 0) is 25.5 Å². The molecule has 0 aliphatic rings. The average Bonchev–Trinajstić information content (AvgIpc) is 3.06. The number of benzene rings is 1. The van der Waals surface area contributed by atoms with Crippen LogP contribution in [0.15, 0.2) is 29.8 Å². The molecule has 0 fully saturated rings. The smallest absolute Gasteiger partial charge is 0.315 e. The van der Waals surface area contributed by atoms with E-state index in [2.05, 4.69) is 15.6 Å². The fraction of sp³-hybridized carbons (Fsp3) is 0.375. The lowest BCUT2D eigenvalue weighted by Crippen LogP contribution is -2.39. The number of hydrogen-bond donors (Lipinski definition) is 2. The number of aromatic nitrogens is 1. The van der Waals surface area contributed by atoms with E-state index in [1.807, 2.05) is 12.3 Å². The molecule has 2 rings (SSSR count). The van der Waals surface area contributed by atoms with Crippen molar-refractivity contribution >= 4 is 17.4 Å². The highest BCUT2D eigenvalue weighted by atomic mass is 32.1. The van der Waals surface area contributed by atoms with E-state index in [1.165, 1.54) is 24.5 Å². The van der Waals surface area contributed by atoms with Crippen LogP contribution in [0.1, 0.15) is 42.9 Å². The lowest BCUT2D eigenvalue weighted by atomic mass is 10.1. The van der Waals surface area contributed by atoms with Gasteiger partial charge in [-0.2, -0.15) is 0 Å². The standard InChI is InChI=1S/C16H20FN3O2S/c1-4-12(15-18-8-9-23-15)20-16(21)19-10(2)14-11(17)6-5-7-13(14)22-3/h5-10,12H,4H2,1-3H3,(H2,19,20,21)/t10-,12-/m0/s1. The summed E-state index contributed by atoms with van der Waals surface area (Å²) in [5, 5.41) is 8.32. The first kappa shape index (κ1) is 17.2. The highest BCUT2D eigenvalue weighted by Gasteiger charge is 2.20. The van der Waals surface area contributed by atoms with Crippen LogP contribution in [-0.2, 0) is 0 Å². The lowest BCUT2D eigenvalue weighted by molar-refractivity contribution is 0.233. The van der Waals surface area contributed by atoms with Crippen LogP contribution < -0.4 is 15.4 Å². The van der Waals surface area contributed by atoms with Crippen LogP contribution in [0, 0.1) is 5.82 Å². The molecule has 1 aromatic heterocycles. The van der Waals surface area contributed by atoms with Crippen molar-refractivity contribution < 1.29 is 13.9 Å². The van der Waals surface area contributed by atoms with Gasteiger partial charge in [0.05, 0.1) is 24.8 Å². The van der Waals surface area contributed by atoms with Crippen molar-refractivity contribution in [2.75, 3.05) is 7.11 Å². The van der Waals surface area contributed by atoms with E-state index >= 15 is 0 Å². The number of carbonyl (C=O) groups excluding carboxylic acids is 1. The number of rotatable bonds is 6. The summed E-state index contributed by atoms with van der Waals surface area (Å²) in [7, 11) is 1.47. The Bertz CT molecular complexity index is 649. The molecule has 0 aliphatic heterocycles. The highest BCUT2D eigenvalue weighted by molar-refractivity contribution is 7.09. The Labute approximate surface area is 138 Å². The van der Waals surface area contributed by atoms with Gasteiger partial charge in [-0.15, -0.1) is 11.3 Å². The van der Waals surface area contributed by atoms with E-state index in [-0.39, 0.29) is 12.1 Å². The van der Waals surface area contributed by atoms with E-state index in [4.69, 9.17) is 4.74 Å². The van der Waals surface area contributed by atoms with E-state index in [0.717, 1.165) is 11.4 Å². The van der Waals surface area contributed by atoms with Gasteiger partial charge in [0.2, 0.25) is 0 Å². The molecule has 0 radical (unpaired) electrons. The van der Waals surface area contributed by atoms with E-state index in [9.17, 15) is 9.18 Å². The Kier molecular flexibility index (Phi) is 5.92. The number of ether oxygens (including phenoxy) is 1. The molecule has 7 heteroatoms. The van der Waals surface area contributed by atoms with Gasteiger partial charge in [-0.25, -0.2) is 14.2 Å². The van der Waals surface area contributed by atoms with Crippen molar-refractivity contribution in [3.63, 3.8) is 0 Å². The number of nitrogens with one attached hydrogen (secondary N) is 2. The van der Waals surface area contributed by atoms with Crippen LogP contribution in [-0.4, -0.2) is 18.1 Å². The first-order valence-electron chi connectivity index (χ1n) is 7.35. The third kappa shape index (κ3) is 4.19. The van der Waals surface area contributed by atoms with Crippen LogP contribution in [0.25, 0.3) is 0 Å². The maximum Gasteiger partial charge on any atom is 0.315 e. The van der Waals surface area contributed by atoms with Crippen molar-refractivity contribution in [3.8, 4) is 5.75 Å². The zero-order valence-corrected chi connectivity index (χ0v) is 14.1. The molecule has 0 saturated carbocycles. The fourth-order valence-corrected chi connectivity index (χ4v) is 3.10. The molecular formula is C16H20FN3O2S. The van der Waals surface area contributed by atoms with Crippen molar-refractivity contribution in [1.29, 1.82) is 0 Å². The summed E-state index contributed by atoms with van der Waals surface area (Å²) >= 11 is 1.49. The minimum absolute atomic E-state index is 0.162. The summed E-state index contributed by atoms with van der Waals surface area (Å²) < 4.78 is 19.2. The molecule has 0 bridgehead atoms. The maximum atomic E-state index is 14.0. The number of nitrogens with zero attached hydrogens (tertiary/aromatic N) is 1. The van der Waals surface area contributed by atoms with Gasteiger partial charge in [-0.1, -0.05) is 13.0 Å². The second kappa shape index (κ2) is 7.92. The van der Waals surface area contributed by atoms with Crippen molar-refractivity contribution in [2.24, 2.45) is 0 Å². The highest BCUT2D eigenvalue weighted by Crippen LogP contribution is 2.27. The first-order valence-corrected chi connectivity index (χ1v) is 8.23. The molecule has 0 spiro atoms. The molecule has 5 nitrogen and oxygen atoms in total. The quantitative estimate of drug-likeness (QED) is 0.843. The summed E-state index contributed by atoms with van der Waals surface area (Å²) in [6, 6.07) is 3.52. The summed E-state index contributed by atoms with van der Waals surface area (Å²) in [4.78, 5) is 16.4. The van der Waals surface area contributed by atoms with Crippen LogP contribution in [0.3, 0.4) is 0 Å². The van der Waals surface area contributed by atoms with Gasteiger partial charge in [0.1, 0.15) is 16.6 Å². The SMILES string of the molecule is CC[C@H](NC(=O)N[C@@H](C)c1c(F)cccc1OC)c1nccs1. The molecular weight excluding hydrogens is 317 g/mol. The van der Waals surface area contributed by atoms with Gasteiger partial charge in [0.25, 0.3) is 0 Å². The normalized spacial score (nSPS) is 13.2. The molecule has 2 atom stereocenters. The Morgan fingerprint density at radius 2 is 2.22 bits per heavy atom. The summed E-state index contributed by atoms with van der Waals surface area (Å²) in [6.45, 7) is 3.68.